The van der Waals surface area contributed by atoms with Crippen LogP contribution in [0.4, 0.5) is 10.2 Å². The number of nitrogens with two attached hydrogens (primary N) is 1. The Kier molecular flexibility index (Phi) is 2.41. The fourth-order valence-corrected chi connectivity index (χ4v) is 1.50. The van der Waals surface area contributed by atoms with Gasteiger partial charge in [-0.25, -0.2) is 4.39 Å². The number of rotatable bonds is 2. The number of anilines is 1. The molecule has 4 heteroatoms. The Morgan fingerprint density at radius 2 is 2.13 bits per heavy atom. The Morgan fingerprint density at radius 3 is 2.73 bits per heavy atom. The maximum Gasteiger partial charge on any atom is 0.121 e. The van der Waals surface area contributed by atoms with Crippen molar-refractivity contribution in [2.75, 3.05) is 5.73 Å². The lowest BCUT2D eigenvalue weighted by Gasteiger charge is -2.01. The summed E-state index contributed by atoms with van der Waals surface area (Å²) in [5.41, 5.74) is 7.82. The van der Waals surface area contributed by atoms with Crippen LogP contribution in [-0.4, -0.2) is 9.78 Å². The first-order chi connectivity index (χ1) is 7.22. The van der Waals surface area contributed by atoms with Gasteiger partial charge in [-0.2, -0.15) is 5.10 Å². The molecule has 0 saturated carbocycles. The van der Waals surface area contributed by atoms with Crippen molar-refractivity contribution >= 4 is 5.82 Å². The van der Waals surface area contributed by atoms with E-state index in [0.29, 0.717) is 17.1 Å². The average molecular weight is 205 g/mol. The topological polar surface area (TPSA) is 43.8 Å². The molecule has 3 nitrogen and oxygen atoms in total. The highest BCUT2D eigenvalue weighted by Crippen LogP contribution is 2.24. The zero-order valence-corrected chi connectivity index (χ0v) is 8.44. The second kappa shape index (κ2) is 3.73. The van der Waals surface area contributed by atoms with Crippen LogP contribution in [0, 0.1) is 0 Å². The number of alkyl halides is 1. The molecule has 2 aromatic rings. The highest BCUT2D eigenvalue weighted by Gasteiger charge is 2.08. The number of aromatic nitrogens is 2. The predicted octanol–water partition coefficient (Wildman–Crippen LogP) is 2.14. The third-order valence-electron chi connectivity index (χ3n) is 2.35. The minimum Gasteiger partial charge on any atom is -0.384 e. The molecule has 0 aliphatic rings. The number of nitrogens with zero attached hydrogens (tertiary/aromatic N) is 2. The molecule has 0 atom stereocenters. The Bertz CT molecular complexity index is 457. The Balaban J connectivity index is 2.53. The molecule has 15 heavy (non-hydrogen) atoms. The Morgan fingerprint density at radius 1 is 1.40 bits per heavy atom. The molecule has 0 bridgehead atoms. The zero-order chi connectivity index (χ0) is 10.8. The summed E-state index contributed by atoms with van der Waals surface area (Å²) in [6, 6.07) is 9.01. The van der Waals surface area contributed by atoms with E-state index in [9.17, 15) is 4.39 Å². The normalized spacial score (nSPS) is 10.5. The molecule has 1 aromatic carbocycles. The van der Waals surface area contributed by atoms with Crippen LogP contribution in [0.15, 0.2) is 30.3 Å². The number of hydrogen-bond donors (Lipinski definition) is 1. The number of aryl methyl sites for hydroxylation is 1. The highest BCUT2D eigenvalue weighted by molar-refractivity contribution is 5.65. The maximum absolute atomic E-state index is 12.7. The van der Waals surface area contributed by atoms with Crippen molar-refractivity contribution in [1.82, 2.24) is 9.78 Å². The molecule has 0 aliphatic heterocycles. The molecule has 78 valence electrons. The first-order valence-electron chi connectivity index (χ1n) is 4.66. The van der Waals surface area contributed by atoms with E-state index < -0.39 is 6.67 Å². The first kappa shape index (κ1) is 9.71. The van der Waals surface area contributed by atoms with E-state index in [2.05, 4.69) is 5.10 Å². The number of halogens is 1. The second-order valence-electron chi connectivity index (χ2n) is 3.37. The van der Waals surface area contributed by atoms with Crippen molar-refractivity contribution in [3.63, 3.8) is 0 Å². The van der Waals surface area contributed by atoms with Gasteiger partial charge in [-0.1, -0.05) is 24.3 Å². The summed E-state index contributed by atoms with van der Waals surface area (Å²) < 4.78 is 14.3. The number of nitrogen functional groups attached to an aromatic ring is 1. The van der Waals surface area contributed by atoms with Gasteiger partial charge in [0.05, 0.1) is 5.69 Å². The summed E-state index contributed by atoms with van der Waals surface area (Å²) in [4.78, 5) is 0. The summed E-state index contributed by atoms with van der Waals surface area (Å²) in [5.74, 6) is 0.568. The smallest absolute Gasteiger partial charge is 0.121 e. The van der Waals surface area contributed by atoms with Crippen molar-refractivity contribution in [3.8, 4) is 11.3 Å². The summed E-state index contributed by atoms with van der Waals surface area (Å²) >= 11 is 0. The van der Waals surface area contributed by atoms with E-state index in [4.69, 9.17) is 5.73 Å². The van der Waals surface area contributed by atoms with Crippen LogP contribution in [0.5, 0.6) is 0 Å². The van der Waals surface area contributed by atoms with Gasteiger partial charge in [-0.05, 0) is 5.56 Å². The molecular weight excluding hydrogens is 193 g/mol. The first-order valence-corrected chi connectivity index (χ1v) is 4.66. The second-order valence-corrected chi connectivity index (χ2v) is 3.37. The summed E-state index contributed by atoms with van der Waals surface area (Å²) in [5, 5.41) is 4.21. The van der Waals surface area contributed by atoms with E-state index >= 15 is 0 Å². The molecule has 0 unspecified atom stereocenters. The van der Waals surface area contributed by atoms with E-state index in [1.807, 2.05) is 18.2 Å². The van der Waals surface area contributed by atoms with Crippen molar-refractivity contribution < 1.29 is 4.39 Å². The molecule has 0 fully saturated rings. The largest absolute Gasteiger partial charge is 0.384 e. The molecule has 0 amide bonds. The Hall–Kier alpha value is -1.84. The molecule has 0 aliphatic carbocycles. The van der Waals surface area contributed by atoms with Crippen LogP contribution in [0.1, 0.15) is 5.56 Å². The van der Waals surface area contributed by atoms with Crippen molar-refractivity contribution in [3.05, 3.63) is 35.9 Å². The van der Waals surface area contributed by atoms with Crippen LogP contribution >= 0.6 is 0 Å². The Labute approximate surface area is 87.3 Å². The molecule has 1 heterocycles. The standard InChI is InChI=1S/C11H12FN3/c1-15-11(13)6-10(14-15)9-5-3-2-4-8(9)7-12/h2-6H,7,13H2,1H3. The lowest BCUT2D eigenvalue weighted by molar-refractivity contribution is 0.486. The van der Waals surface area contributed by atoms with Crippen LogP contribution in [0.3, 0.4) is 0 Å². The van der Waals surface area contributed by atoms with E-state index in [1.54, 1.807) is 23.9 Å². The third-order valence-corrected chi connectivity index (χ3v) is 2.35. The van der Waals surface area contributed by atoms with Gasteiger partial charge in [-0.15, -0.1) is 0 Å². The molecule has 0 spiro atoms. The van der Waals surface area contributed by atoms with Gasteiger partial charge in [0.15, 0.2) is 0 Å². The third kappa shape index (κ3) is 1.70. The van der Waals surface area contributed by atoms with Crippen LogP contribution in [0.25, 0.3) is 11.3 Å². The van der Waals surface area contributed by atoms with Crippen LogP contribution < -0.4 is 5.73 Å². The van der Waals surface area contributed by atoms with Gasteiger partial charge in [0.25, 0.3) is 0 Å². The van der Waals surface area contributed by atoms with Gasteiger partial charge >= 0.3 is 0 Å². The average Bonchev–Trinajstić information content (AvgIpc) is 2.59. The fraction of sp³-hybridized carbons (Fsp3) is 0.182. The van der Waals surface area contributed by atoms with Gasteiger partial charge in [-0.3, -0.25) is 4.68 Å². The maximum atomic E-state index is 12.7. The van der Waals surface area contributed by atoms with Crippen molar-refractivity contribution in [2.45, 2.75) is 6.67 Å². The monoisotopic (exact) mass is 205 g/mol. The fourth-order valence-electron chi connectivity index (χ4n) is 1.50. The van der Waals surface area contributed by atoms with Gasteiger partial charge in [0, 0.05) is 18.7 Å². The van der Waals surface area contributed by atoms with Crippen molar-refractivity contribution in [2.24, 2.45) is 7.05 Å². The van der Waals surface area contributed by atoms with Crippen LogP contribution in [-0.2, 0) is 13.7 Å². The molecule has 2 rings (SSSR count). The molecule has 2 N–H and O–H groups in total. The number of benzene rings is 1. The van der Waals surface area contributed by atoms with Gasteiger partial charge in [0.1, 0.15) is 12.5 Å². The van der Waals surface area contributed by atoms with E-state index in [1.165, 1.54) is 0 Å². The SMILES string of the molecule is Cn1nc(-c2ccccc2CF)cc1N. The zero-order valence-electron chi connectivity index (χ0n) is 8.44. The highest BCUT2D eigenvalue weighted by atomic mass is 19.1. The molecule has 1 aromatic heterocycles. The van der Waals surface area contributed by atoms with E-state index in [0.717, 1.165) is 5.56 Å². The lowest BCUT2D eigenvalue weighted by Crippen LogP contribution is -1.96. The molecule has 0 saturated heterocycles. The van der Waals surface area contributed by atoms with Crippen LogP contribution in [0.2, 0.25) is 0 Å². The summed E-state index contributed by atoms with van der Waals surface area (Å²) in [6.07, 6.45) is 0. The van der Waals surface area contributed by atoms with Gasteiger partial charge in [0.2, 0.25) is 0 Å². The molecule has 0 radical (unpaired) electrons. The number of hydrogen-bond acceptors (Lipinski definition) is 2. The summed E-state index contributed by atoms with van der Waals surface area (Å²) in [7, 11) is 1.76. The minimum absolute atomic E-state index is 0.493. The predicted molar refractivity (Wildman–Crippen MR) is 57.9 cm³/mol. The van der Waals surface area contributed by atoms with Crippen molar-refractivity contribution in [1.29, 1.82) is 0 Å². The lowest BCUT2D eigenvalue weighted by atomic mass is 10.1. The summed E-state index contributed by atoms with van der Waals surface area (Å²) in [6.45, 7) is -0.493. The quantitative estimate of drug-likeness (QED) is 0.816. The minimum atomic E-state index is -0.493. The molecular formula is C11H12FN3. The van der Waals surface area contributed by atoms with E-state index in [-0.39, 0.29) is 0 Å². The van der Waals surface area contributed by atoms with Gasteiger partial charge < -0.3 is 5.73 Å².